The van der Waals surface area contributed by atoms with Crippen LogP contribution in [0.25, 0.3) is 0 Å². The fourth-order valence-corrected chi connectivity index (χ4v) is 3.48. The third-order valence-electron chi connectivity index (χ3n) is 3.39. The molecule has 0 radical (unpaired) electrons. The van der Waals surface area contributed by atoms with Crippen molar-refractivity contribution in [2.24, 2.45) is 5.73 Å². The SMILES string of the molecule is NC1(CF)CCN(C2CCSCC2)C1. The molecule has 2 nitrogen and oxygen atoms in total. The van der Waals surface area contributed by atoms with Gasteiger partial charge >= 0.3 is 0 Å². The van der Waals surface area contributed by atoms with E-state index >= 15 is 0 Å². The minimum absolute atomic E-state index is 0.370. The number of rotatable bonds is 2. The first-order valence-electron chi connectivity index (χ1n) is 5.40. The number of nitrogens with zero attached hydrogens (tertiary/aromatic N) is 1. The van der Waals surface area contributed by atoms with Gasteiger partial charge in [-0.05, 0) is 30.8 Å². The van der Waals surface area contributed by atoms with Crippen LogP contribution in [0, 0.1) is 0 Å². The molecular formula is C10H19FN2S. The lowest BCUT2D eigenvalue weighted by molar-refractivity contribution is 0.205. The summed E-state index contributed by atoms with van der Waals surface area (Å²) >= 11 is 2.03. The molecule has 0 spiro atoms. The Balaban J connectivity index is 1.88. The first-order valence-corrected chi connectivity index (χ1v) is 6.56. The van der Waals surface area contributed by atoms with Crippen LogP contribution in [-0.2, 0) is 0 Å². The molecule has 14 heavy (non-hydrogen) atoms. The Morgan fingerprint density at radius 2 is 2.14 bits per heavy atom. The minimum atomic E-state index is -0.537. The fourth-order valence-electron chi connectivity index (χ4n) is 2.40. The summed E-state index contributed by atoms with van der Waals surface area (Å²) in [7, 11) is 0. The lowest BCUT2D eigenvalue weighted by atomic mass is 10.0. The van der Waals surface area contributed by atoms with Gasteiger partial charge in [-0.15, -0.1) is 0 Å². The maximum atomic E-state index is 12.7. The summed E-state index contributed by atoms with van der Waals surface area (Å²) in [6.45, 7) is 1.39. The van der Waals surface area contributed by atoms with Crippen LogP contribution >= 0.6 is 11.8 Å². The molecule has 2 rings (SSSR count). The van der Waals surface area contributed by atoms with Crippen LogP contribution in [0.4, 0.5) is 4.39 Å². The van der Waals surface area contributed by atoms with Gasteiger partial charge in [0, 0.05) is 19.1 Å². The first-order chi connectivity index (χ1) is 6.73. The van der Waals surface area contributed by atoms with Gasteiger partial charge in [0.05, 0.1) is 5.54 Å². The molecule has 2 aliphatic rings. The van der Waals surface area contributed by atoms with E-state index in [1.165, 1.54) is 24.3 Å². The van der Waals surface area contributed by atoms with Crippen LogP contribution in [0.2, 0.25) is 0 Å². The molecule has 0 aromatic heterocycles. The van der Waals surface area contributed by atoms with E-state index < -0.39 is 5.54 Å². The number of nitrogens with two attached hydrogens (primary N) is 1. The molecule has 0 bridgehead atoms. The molecular weight excluding hydrogens is 199 g/mol. The van der Waals surface area contributed by atoms with E-state index in [0.29, 0.717) is 6.04 Å². The molecule has 2 fully saturated rings. The summed E-state index contributed by atoms with van der Waals surface area (Å²) in [5, 5.41) is 0. The minimum Gasteiger partial charge on any atom is -0.322 e. The number of thioether (sulfide) groups is 1. The van der Waals surface area contributed by atoms with E-state index in [0.717, 1.165) is 19.5 Å². The molecule has 0 aliphatic carbocycles. The summed E-state index contributed by atoms with van der Waals surface area (Å²) in [5.74, 6) is 2.52. The van der Waals surface area contributed by atoms with E-state index in [-0.39, 0.29) is 6.67 Å². The van der Waals surface area contributed by atoms with Crippen LogP contribution in [0.1, 0.15) is 19.3 Å². The summed E-state index contributed by atoms with van der Waals surface area (Å²) in [6, 6.07) is 0.674. The Morgan fingerprint density at radius 3 is 2.71 bits per heavy atom. The second kappa shape index (κ2) is 4.37. The third-order valence-corrected chi connectivity index (χ3v) is 4.44. The highest BCUT2D eigenvalue weighted by atomic mass is 32.2. The lowest BCUT2D eigenvalue weighted by Gasteiger charge is -2.31. The largest absolute Gasteiger partial charge is 0.322 e. The summed E-state index contributed by atoms with van der Waals surface area (Å²) in [6.07, 6.45) is 3.34. The van der Waals surface area contributed by atoms with E-state index in [9.17, 15) is 4.39 Å². The molecule has 0 aromatic rings. The fraction of sp³-hybridized carbons (Fsp3) is 1.00. The van der Waals surface area contributed by atoms with Crippen LogP contribution < -0.4 is 5.73 Å². The van der Waals surface area contributed by atoms with Crippen LogP contribution in [0.5, 0.6) is 0 Å². The Labute approximate surface area is 89.4 Å². The maximum Gasteiger partial charge on any atom is 0.109 e. The summed E-state index contributed by atoms with van der Waals surface area (Å²) < 4.78 is 12.7. The van der Waals surface area contributed by atoms with E-state index in [1.54, 1.807) is 0 Å². The molecule has 0 amide bonds. The van der Waals surface area contributed by atoms with Gasteiger partial charge in [0.15, 0.2) is 0 Å². The van der Waals surface area contributed by atoms with Crippen molar-refractivity contribution < 1.29 is 4.39 Å². The highest BCUT2D eigenvalue weighted by Crippen LogP contribution is 2.28. The monoisotopic (exact) mass is 218 g/mol. The molecule has 2 saturated heterocycles. The maximum absolute atomic E-state index is 12.7. The quantitative estimate of drug-likeness (QED) is 0.756. The Hall–Kier alpha value is 0.200. The second-order valence-corrected chi connectivity index (χ2v) is 5.78. The summed E-state index contributed by atoms with van der Waals surface area (Å²) in [5.41, 5.74) is 5.40. The smallest absolute Gasteiger partial charge is 0.109 e. The Kier molecular flexibility index (Phi) is 3.34. The van der Waals surface area contributed by atoms with Crippen molar-refractivity contribution in [3.8, 4) is 0 Å². The molecule has 2 heterocycles. The van der Waals surface area contributed by atoms with Gasteiger partial charge < -0.3 is 5.73 Å². The van der Waals surface area contributed by atoms with Crippen molar-refractivity contribution in [3.05, 3.63) is 0 Å². The predicted molar refractivity (Wildman–Crippen MR) is 59.4 cm³/mol. The van der Waals surface area contributed by atoms with Gasteiger partial charge in [-0.3, -0.25) is 4.90 Å². The molecule has 2 N–H and O–H groups in total. The van der Waals surface area contributed by atoms with Crippen molar-refractivity contribution >= 4 is 11.8 Å². The second-order valence-electron chi connectivity index (χ2n) is 4.56. The van der Waals surface area contributed by atoms with Gasteiger partial charge in [-0.2, -0.15) is 11.8 Å². The van der Waals surface area contributed by atoms with Crippen molar-refractivity contribution in [1.29, 1.82) is 0 Å². The topological polar surface area (TPSA) is 29.3 Å². The van der Waals surface area contributed by atoms with Crippen LogP contribution in [-0.4, -0.2) is 47.8 Å². The number of likely N-dealkylation sites (tertiary alicyclic amines) is 1. The van der Waals surface area contributed by atoms with Gasteiger partial charge in [-0.1, -0.05) is 0 Å². The number of hydrogen-bond acceptors (Lipinski definition) is 3. The van der Waals surface area contributed by atoms with E-state index in [2.05, 4.69) is 4.90 Å². The molecule has 2 aliphatic heterocycles. The Bertz CT molecular complexity index is 197. The van der Waals surface area contributed by atoms with Crippen molar-refractivity contribution in [2.45, 2.75) is 30.8 Å². The first kappa shape index (κ1) is 10.7. The van der Waals surface area contributed by atoms with E-state index in [4.69, 9.17) is 5.73 Å². The predicted octanol–water partition coefficient (Wildman–Crippen LogP) is 1.25. The molecule has 0 saturated carbocycles. The molecule has 0 aromatic carbocycles. The van der Waals surface area contributed by atoms with Gasteiger partial charge in [-0.25, -0.2) is 4.39 Å². The standard InChI is InChI=1S/C10H19FN2S/c11-7-10(12)3-4-13(8-10)9-1-5-14-6-2-9/h9H,1-8,12H2. The molecule has 82 valence electrons. The number of halogens is 1. The highest BCUT2D eigenvalue weighted by Gasteiger charge is 2.37. The summed E-state index contributed by atoms with van der Waals surface area (Å²) in [4.78, 5) is 2.40. The van der Waals surface area contributed by atoms with Crippen molar-refractivity contribution in [2.75, 3.05) is 31.3 Å². The van der Waals surface area contributed by atoms with Crippen LogP contribution in [0.3, 0.4) is 0 Å². The zero-order valence-corrected chi connectivity index (χ0v) is 9.36. The molecule has 4 heteroatoms. The van der Waals surface area contributed by atoms with Crippen molar-refractivity contribution in [3.63, 3.8) is 0 Å². The van der Waals surface area contributed by atoms with Gasteiger partial charge in [0.25, 0.3) is 0 Å². The average molecular weight is 218 g/mol. The zero-order valence-electron chi connectivity index (χ0n) is 8.54. The third kappa shape index (κ3) is 2.23. The normalized spacial score (nSPS) is 36.4. The molecule has 1 atom stereocenters. The zero-order chi connectivity index (χ0) is 10.0. The van der Waals surface area contributed by atoms with Gasteiger partial charge in [0.1, 0.15) is 6.67 Å². The average Bonchev–Trinajstić information content (AvgIpc) is 2.63. The van der Waals surface area contributed by atoms with Crippen molar-refractivity contribution in [1.82, 2.24) is 4.90 Å². The van der Waals surface area contributed by atoms with E-state index in [1.807, 2.05) is 11.8 Å². The number of hydrogen-bond donors (Lipinski definition) is 1. The molecule has 1 unspecified atom stereocenters. The Morgan fingerprint density at radius 1 is 1.43 bits per heavy atom. The lowest BCUT2D eigenvalue weighted by Crippen LogP contribution is -2.47. The van der Waals surface area contributed by atoms with Gasteiger partial charge in [0.2, 0.25) is 0 Å². The van der Waals surface area contributed by atoms with Crippen LogP contribution in [0.15, 0.2) is 0 Å². The number of alkyl halides is 1. The highest BCUT2D eigenvalue weighted by molar-refractivity contribution is 7.99.